The lowest BCUT2D eigenvalue weighted by Gasteiger charge is -2.17. The van der Waals surface area contributed by atoms with Crippen molar-refractivity contribution in [3.05, 3.63) is 29.6 Å². The Kier molecular flexibility index (Phi) is 3.68. The fourth-order valence-electron chi connectivity index (χ4n) is 3.18. The molecule has 1 fully saturated rings. The van der Waals surface area contributed by atoms with Gasteiger partial charge in [-0.1, -0.05) is 19.9 Å². The minimum Gasteiger partial charge on any atom is -0.366 e. The maximum Gasteiger partial charge on any atom is 0.250 e. The number of aromatic nitrogens is 2. The summed E-state index contributed by atoms with van der Waals surface area (Å²) < 4.78 is 0. The number of rotatable bonds is 4. The average molecular weight is 286 g/mol. The van der Waals surface area contributed by atoms with E-state index >= 15 is 0 Å². The first kappa shape index (κ1) is 14.1. The zero-order chi connectivity index (χ0) is 15.0. The number of fused-ring (bicyclic) bond motifs is 1. The van der Waals surface area contributed by atoms with Crippen LogP contribution in [0.2, 0.25) is 0 Å². The van der Waals surface area contributed by atoms with Crippen molar-refractivity contribution in [1.29, 1.82) is 0 Å². The normalized spacial score (nSPS) is 19.7. The quantitative estimate of drug-likeness (QED) is 0.904. The van der Waals surface area contributed by atoms with Crippen LogP contribution in [-0.4, -0.2) is 40.4 Å². The Morgan fingerprint density at radius 2 is 2.33 bits per heavy atom. The van der Waals surface area contributed by atoms with Gasteiger partial charge in [0.05, 0.1) is 11.1 Å². The van der Waals surface area contributed by atoms with Crippen molar-refractivity contribution in [2.75, 3.05) is 19.6 Å². The minimum absolute atomic E-state index is 0.414. The molecule has 0 spiro atoms. The number of nitrogens with zero attached hydrogens (tertiary/aromatic N) is 2. The van der Waals surface area contributed by atoms with E-state index in [0.717, 1.165) is 37.4 Å². The molecular weight excluding hydrogens is 264 g/mol. The van der Waals surface area contributed by atoms with Gasteiger partial charge < -0.3 is 15.6 Å². The first-order valence-electron chi connectivity index (χ1n) is 7.55. The molecule has 21 heavy (non-hydrogen) atoms. The van der Waals surface area contributed by atoms with Gasteiger partial charge in [0.2, 0.25) is 0 Å². The van der Waals surface area contributed by atoms with Gasteiger partial charge in [-0.2, -0.15) is 0 Å². The fourth-order valence-corrected chi connectivity index (χ4v) is 3.18. The van der Waals surface area contributed by atoms with E-state index in [1.807, 2.05) is 12.1 Å². The van der Waals surface area contributed by atoms with Gasteiger partial charge in [-0.25, -0.2) is 4.98 Å². The molecule has 1 unspecified atom stereocenters. The number of amides is 1. The number of benzene rings is 1. The first-order valence-corrected chi connectivity index (χ1v) is 7.55. The Bertz CT molecular complexity index is 661. The second kappa shape index (κ2) is 5.48. The van der Waals surface area contributed by atoms with Crippen molar-refractivity contribution < 1.29 is 4.79 Å². The molecule has 1 aromatic carbocycles. The minimum atomic E-state index is -0.425. The van der Waals surface area contributed by atoms with E-state index in [1.165, 1.54) is 0 Å². The number of imidazole rings is 1. The standard InChI is InChI=1S/C16H22N4O/c1-10(2)8-20-7-6-11(9-20)16-18-13-5-3-4-12(15(17)21)14(13)19-16/h3-5,10-11H,6-9H2,1-2H3,(H2,17,21)(H,18,19). The average Bonchev–Trinajstić information content (AvgIpc) is 3.02. The molecule has 5 nitrogen and oxygen atoms in total. The molecule has 1 aromatic heterocycles. The number of aromatic amines is 1. The first-order chi connectivity index (χ1) is 10.0. The van der Waals surface area contributed by atoms with Gasteiger partial charge in [0, 0.05) is 19.0 Å². The molecule has 112 valence electrons. The Balaban J connectivity index is 1.85. The molecule has 1 aliphatic rings. The number of hydrogen-bond donors (Lipinski definition) is 2. The third-order valence-electron chi connectivity index (χ3n) is 4.08. The molecule has 1 amide bonds. The monoisotopic (exact) mass is 286 g/mol. The summed E-state index contributed by atoms with van der Waals surface area (Å²) in [6.45, 7) is 7.76. The van der Waals surface area contributed by atoms with Crippen LogP contribution in [-0.2, 0) is 0 Å². The zero-order valence-corrected chi connectivity index (χ0v) is 12.6. The number of para-hydroxylation sites is 1. The van der Waals surface area contributed by atoms with Crippen LogP contribution in [0.15, 0.2) is 18.2 Å². The molecule has 2 aromatic rings. The molecule has 0 radical (unpaired) electrons. The van der Waals surface area contributed by atoms with Crippen molar-refractivity contribution in [3.8, 4) is 0 Å². The topological polar surface area (TPSA) is 75.0 Å². The molecule has 3 rings (SSSR count). The molecule has 3 N–H and O–H groups in total. The highest BCUT2D eigenvalue weighted by molar-refractivity contribution is 6.04. The van der Waals surface area contributed by atoms with Gasteiger partial charge in [0.25, 0.3) is 5.91 Å². The van der Waals surface area contributed by atoms with Crippen LogP contribution < -0.4 is 5.73 Å². The summed E-state index contributed by atoms with van der Waals surface area (Å²) in [5, 5.41) is 0. The number of carbonyl (C=O) groups is 1. The zero-order valence-electron chi connectivity index (χ0n) is 12.6. The highest BCUT2D eigenvalue weighted by Gasteiger charge is 2.27. The summed E-state index contributed by atoms with van der Waals surface area (Å²) in [7, 11) is 0. The SMILES string of the molecule is CC(C)CN1CCC(c2nc3c(C(N)=O)cccc3[nH]2)C1. The van der Waals surface area contributed by atoms with Crippen LogP contribution in [0.3, 0.4) is 0 Å². The number of likely N-dealkylation sites (tertiary alicyclic amines) is 1. The lowest BCUT2D eigenvalue weighted by Crippen LogP contribution is -2.25. The van der Waals surface area contributed by atoms with E-state index in [4.69, 9.17) is 5.73 Å². The molecule has 0 aliphatic carbocycles. The van der Waals surface area contributed by atoms with Gasteiger partial charge >= 0.3 is 0 Å². The number of H-pyrrole nitrogens is 1. The number of nitrogens with two attached hydrogens (primary N) is 1. The maximum atomic E-state index is 11.5. The van der Waals surface area contributed by atoms with Crippen molar-refractivity contribution in [1.82, 2.24) is 14.9 Å². The second-order valence-electron chi connectivity index (χ2n) is 6.33. The summed E-state index contributed by atoms with van der Waals surface area (Å²) in [6.07, 6.45) is 1.11. The third kappa shape index (κ3) is 2.78. The van der Waals surface area contributed by atoms with Gasteiger partial charge in [-0.3, -0.25) is 4.79 Å². The smallest absolute Gasteiger partial charge is 0.250 e. The van der Waals surface area contributed by atoms with Gasteiger partial charge in [0.15, 0.2) is 0 Å². The van der Waals surface area contributed by atoms with E-state index < -0.39 is 5.91 Å². The predicted octanol–water partition coefficient (Wildman–Crippen LogP) is 2.11. The summed E-state index contributed by atoms with van der Waals surface area (Å²) in [6, 6.07) is 5.51. The fraction of sp³-hybridized carbons (Fsp3) is 0.500. The molecule has 0 saturated carbocycles. The molecule has 2 heterocycles. The van der Waals surface area contributed by atoms with Crippen molar-refractivity contribution in [3.63, 3.8) is 0 Å². The van der Waals surface area contributed by atoms with E-state index in [-0.39, 0.29) is 0 Å². The highest BCUT2D eigenvalue weighted by atomic mass is 16.1. The second-order valence-corrected chi connectivity index (χ2v) is 6.33. The Morgan fingerprint density at radius 3 is 3.05 bits per heavy atom. The number of carbonyl (C=O) groups excluding carboxylic acids is 1. The lowest BCUT2D eigenvalue weighted by atomic mass is 10.1. The highest BCUT2D eigenvalue weighted by Crippen LogP contribution is 2.28. The molecule has 0 bridgehead atoms. The predicted molar refractivity (Wildman–Crippen MR) is 83.2 cm³/mol. The summed E-state index contributed by atoms with van der Waals surface area (Å²) in [5.74, 6) is 1.65. The van der Waals surface area contributed by atoms with Crippen LogP contribution in [0.5, 0.6) is 0 Å². The number of hydrogen-bond acceptors (Lipinski definition) is 3. The number of nitrogens with one attached hydrogen (secondary N) is 1. The Labute approximate surface area is 124 Å². The lowest BCUT2D eigenvalue weighted by molar-refractivity contribution is 0.100. The van der Waals surface area contributed by atoms with Crippen molar-refractivity contribution in [2.45, 2.75) is 26.2 Å². The Morgan fingerprint density at radius 1 is 1.52 bits per heavy atom. The van der Waals surface area contributed by atoms with Crippen molar-refractivity contribution >= 4 is 16.9 Å². The Hall–Kier alpha value is -1.88. The third-order valence-corrected chi connectivity index (χ3v) is 4.08. The van der Waals surface area contributed by atoms with E-state index in [1.54, 1.807) is 6.07 Å². The van der Waals surface area contributed by atoms with Crippen LogP contribution >= 0.6 is 0 Å². The van der Waals surface area contributed by atoms with Crippen LogP contribution in [0, 0.1) is 5.92 Å². The largest absolute Gasteiger partial charge is 0.366 e. The maximum absolute atomic E-state index is 11.5. The molecule has 1 saturated heterocycles. The van der Waals surface area contributed by atoms with E-state index in [0.29, 0.717) is 22.9 Å². The van der Waals surface area contributed by atoms with Crippen LogP contribution in [0.1, 0.15) is 42.4 Å². The molecule has 5 heteroatoms. The van der Waals surface area contributed by atoms with Crippen LogP contribution in [0.25, 0.3) is 11.0 Å². The summed E-state index contributed by atoms with van der Waals surface area (Å²) >= 11 is 0. The summed E-state index contributed by atoms with van der Waals surface area (Å²) in [4.78, 5) is 22.0. The van der Waals surface area contributed by atoms with Crippen molar-refractivity contribution in [2.24, 2.45) is 11.7 Å². The van der Waals surface area contributed by atoms with Gasteiger partial charge in [-0.05, 0) is 31.0 Å². The van der Waals surface area contributed by atoms with Crippen LogP contribution in [0.4, 0.5) is 0 Å². The van der Waals surface area contributed by atoms with Gasteiger partial charge in [0.1, 0.15) is 11.3 Å². The molecular formula is C16H22N4O. The van der Waals surface area contributed by atoms with E-state index in [9.17, 15) is 4.79 Å². The van der Waals surface area contributed by atoms with E-state index in [2.05, 4.69) is 28.7 Å². The molecule has 1 atom stereocenters. The van der Waals surface area contributed by atoms with Gasteiger partial charge in [-0.15, -0.1) is 0 Å². The number of primary amides is 1. The summed E-state index contributed by atoms with van der Waals surface area (Å²) in [5.41, 5.74) is 7.50. The molecule has 1 aliphatic heterocycles.